The Labute approximate surface area is 137 Å². The summed E-state index contributed by atoms with van der Waals surface area (Å²) < 4.78 is 5.70. The van der Waals surface area contributed by atoms with Gasteiger partial charge in [-0.25, -0.2) is 0 Å². The molecule has 2 aliphatic heterocycles. The maximum atomic E-state index is 12.8. The van der Waals surface area contributed by atoms with Crippen molar-refractivity contribution in [3.8, 4) is 0 Å². The summed E-state index contributed by atoms with van der Waals surface area (Å²) in [5, 5.41) is 0. The third-order valence-corrected chi connectivity index (χ3v) is 4.90. The van der Waals surface area contributed by atoms with Crippen molar-refractivity contribution >= 4 is 11.8 Å². The maximum Gasteiger partial charge on any atom is 0.257 e. The summed E-state index contributed by atoms with van der Waals surface area (Å²) in [5.41, 5.74) is 0.624. The lowest BCUT2D eigenvalue weighted by Gasteiger charge is -2.45. The number of piperazine rings is 2. The van der Waals surface area contributed by atoms with Gasteiger partial charge in [-0.3, -0.25) is 14.5 Å². The van der Waals surface area contributed by atoms with E-state index in [0.29, 0.717) is 24.4 Å². The number of fused-ring (bicyclic) bond motifs is 1. The zero-order valence-electron chi connectivity index (χ0n) is 14.3. The summed E-state index contributed by atoms with van der Waals surface area (Å²) in [5.74, 6) is 1.83. The zero-order chi connectivity index (χ0) is 16.7. The molecule has 1 aromatic heterocycles. The van der Waals surface area contributed by atoms with Crippen LogP contribution in [0.25, 0.3) is 0 Å². The number of carbonyl (C=O) groups is 2. The molecule has 2 saturated heterocycles. The van der Waals surface area contributed by atoms with E-state index >= 15 is 0 Å². The van der Waals surface area contributed by atoms with Crippen LogP contribution in [0.3, 0.4) is 0 Å². The van der Waals surface area contributed by atoms with E-state index < -0.39 is 0 Å². The van der Waals surface area contributed by atoms with Crippen molar-refractivity contribution in [2.24, 2.45) is 0 Å². The molecule has 126 valence electrons. The smallest absolute Gasteiger partial charge is 0.257 e. The Morgan fingerprint density at radius 1 is 1.26 bits per heavy atom. The molecule has 23 heavy (non-hydrogen) atoms. The van der Waals surface area contributed by atoms with Crippen LogP contribution in [0.5, 0.6) is 0 Å². The van der Waals surface area contributed by atoms with E-state index in [2.05, 4.69) is 4.90 Å². The summed E-state index contributed by atoms with van der Waals surface area (Å²) in [7, 11) is 1.83. The molecule has 3 heterocycles. The number of furan rings is 1. The Bertz CT molecular complexity index is 623. The zero-order valence-corrected chi connectivity index (χ0v) is 14.3. The van der Waals surface area contributed by atoms with Gasteiger partial charge in [0.1, 0.15) is 17.6 Å². The van der Waals surface area contributed by atoms with Gasteiger partial charge in [0.2, 0.25) is 5.91 Å². The first kappa shape index (κ1) is 16.1. The molecule has 3 rings (SSSR count). The molecule has 1 aromatic rings. The lowest BCUT2D eigenvalue weighted by atomic mass is 10.1. The molecule has 2 fully saturated rings. The summed E-state index contributed by atoms with van der Waals surface area (Å²) >= 11 is 0. The van der Waals surface area contributed by atoms with Crippen LogP contribution >= 0.6 is 0 Å². The topological polar surface area (TPSA) is 57.0 Å². The monoisotopic (exact) mass is 319 g/mol. The molecular weight excluding hydrogens is 294 g/mol. The van der Waals surface area contributed by atoms with E-state index in [1.54, 1.807) is 9.80 Å². The number of likely N-dealkylation sites (N-methyl/N-ethyl adjacent to an activating group) is 1. The second kappa shape index (κ2) is 6.00. The van der Waals surface area contributed by atoms with Crippen molar-refractivity contribution in [3.63, 3.8) is 0 Å². The number of carbonyl (C=O) groups excluding carboxylic acids is 2. The van der Waals surface area contributed by atoms with Crippen molar-refractivity contribution in [1.82, 2.24) is 14.7 Å². The van der Waals surface area contributed by atoms with Gasteiger partial charge in [0.25, 0.3) is 5.91 Å². The molecule has 0 N–H and O–H groups in total. The molecule has 6 heteroatoms. The highest BCUT2D eigenvalue weighted by Gasteiger charge is 2.39. The largest absolute Gasteiger partial charge is 0.465 e. The Morgan fingerprint density at radius 2 is 1.96 bits per heavy atom. The summed E-state index contributed by atoms with van der Waals surface area (Å²) in [6.07, 6.45) is 0. The van der Waals surface area contributed by atoms with Gasteiger partial charge in [-0.15, -0.1) is 0 Å². The molecule has 0 aromatic carbocycles. The Morgan fingerprint density at radius 3 is 2.61 bits per heavy atom. The minimum absolute atomic E-state index is 0.0289. The predicted molar refractivity (Wildman–Crippen MR) is 86.4 cm³/mol. The van der Waals surface area contributed by atoms with E-state index in [9.17, 15) is 9.59 Å². The number of amides is 2. The van der Waals surface area contributed by atoms with Crippen LogP contribution in [-0.4, -0.2) is 72.3 Å². The molecule has 0 unspecified atom stereocenters. The lowest BCUT2D eigenvalue weighted by Crippen LogP contribution is -2.64. The summed E-state index contributed by atoms with van der Waals surface area (Å²) in [6.45, 7) is 9.44. The fourth-order valence-corrected chi connectivity index (χ4v) is 3.32. The quantitative estimate of drug-likeness (QED) is 0.825. The number of aryl methyl sites for hydroxylation is 1. The molecule has 2 aliphatic rings. The van der Waals surface area contributed by atoms with Crippen LogP contribution in [0.4, 0.5) is 0 Å². The van der Waals surface area contributed by atoms with Gasteiger partial charge >= 0.3 is 0 Å². The van der Waals surface area contributed by atoms with Crippen molar-refractivity contribution in [3.05, 3.63) is 23.2 Å². The molecule has 6 nitrogen and oxygen atoms in total. The first-order valence-electron chi connectivity index (χ1n) is 8.27. The van der Waals surface area contributed by atoms with Gasteiger partial charge in [-0.2, -0.15) is 0 Å². The first-order chi connectivity index (χ1) is 10.9. The van der Waals surface area contributed by atoms with Gasteiger partial charge in [0.15, 0.2) is 0 Å². The third kappa shape index (κ3) is 2.87. The molecule has 2 amide bonds. The highest BCUT2D eigenvalue weighted by molar-refractivity contribution is 5.96. The standard InChI is InChI=1S/C17H25N3O3/c1-11(2)15-9-13(12(3)23-15)16(21)20-8-7-19-6-5-18(4)17(22)14(19)10-20/h9,11,14H,5-8,10H2,1-4H3/t14-/m0/s1. The van der Waals surface area contributed by atoms with Crippen molar-refractivity contribution in [2.45, 2.75) is 32.7 Å². The highest BCUT2D eigenvalue weighted by Crippen LogP contribution is 2.24. The molecule has 0 radical (unpaired) electrons. The fourth-order valence-electron chi connectivity index (χ4n) is 3.32. The van der Waals surface area contributed by atoms with Gasteiger partial charge < -0.3 is 14.2 Å². The van der Waals surface area contributed by atoms with Crippen LogP contribution in [-0.2, 0) is 4.79 Å². The fraction of sp³-hybridized carbons (Fsp3) is 0.647. The van der Waals surface area contributed by atoms with E-state index in [1.807, 2.05) is 33.9 Å². The average Bonchev–Trinajstić information content (AvgIpc) is 2.92. The number of nitrogens with zero attached hydrogens (tertiary/aromatic N) is 3. The molecule has 1 atom stereocenters. The Balaban J connectivity index is 1.77. The van der Waals surface area contributed by atoms with Crippen molar-refractivity contribution in [1.29, 1.82) is 0 Å². The first-order valence-corrected chi connectivity index (χ1v) is 8.27. The predicted octanol–water partition coefficient (Wildman–Crippen LogP) is 1.31. The lowest BCUT2D eigenvalue weighted by molar-refractivity contribution is -0.142. The molecule has 0 spiro atoms. The van der Waals surface area contributed by atoms with Crippen LogP contribution in [0.1, 0.15) is 41.6 Å². The molecule has 0 aliphatic carbocycles. The highest BCUT2D eigenvalue weighted by atomic mass is 16.3. The van der Waals surface area contributed by atoms with E-state index in [1.165, 1.54) is 0 Å². The van der Waals surface area contributed by atoms with Gasteiger partial charge in [0.05, 0.1) is 5.56 Å². The maximum absolute atomic E-state index is 12.8. The van der Waals surface area contributed by atoms with E-state index in [-0.39, 0.29) is 23.8 Å². The van der Waals surface area contributed by atoms with E-state index in [0.717, 1.165) is 25.4 Å². The normalized spacial score (nSPS) is 22.7. The van der Waals surface area contributed by atoms with Gasteiger partial charge in [-0.05, 0) is 13.0 Å². The molecular formula is C17H25N3O3. The van der Waals surface area contributed by atoms with Crippen LogP contribution in [0.15, 0.2) is 10.5 Å². The van der Waals surface area contributed by atoms with Gasteiger partial charge in [0, 0.05) is 45.7 Å². The number of hydrogen-bond donors (Lipinski definition) is 0. The second-order valence-corrected chi connectivity index (χ2v) is 6.84. The van der Waals surface area contributed by atoms with Crippen molar-refractivity contribution < 1.29 is 14.0 Å². The van der Waals surface area contributed by atoms with Gasteiger partial charge in [-0.1, -0.05) is 13.8 Å². The Kier molecular flexibility index (Phi) is 4.19. The SMILES string of the molecule is Cc1oc(C(C)C)cc1C(=O)N1CCN2CCN(C)C(=O)[C@@H]2C1. The van der Waals surface area contributed by atoms with Crippen LogP contribution in [0.2, 0.25) is 0 Å². The molecule has 0 saturated carbocycles. The number of rotatable bonds is 2. The van der Waals surface area contributed by atoms with Crippen LogP contribution < -0.4 is 0 Å². The van der Waals surface area contributed by atoms with Crippen LogP contribution in [0, 0.1) is 6.92 Å². The third-order valence-electron chi connectivity index (χ3n) is 4.90. The Hall–Kier alpha value is -1.82. The summed E-state index contributed by atoms with van der Waals surface area (Å²) in [4.78, 5) is 30.9. The number of hydrogen-bond acceptors (Lipinski definition) is 4. The second-order valence-electron chi connectivity index (χ2n) is 6.84. The van der Waals surface area contributed by atoms with Crippen molar-refractivity contribution in [2.75, 3.05) is 39.8 Å². The average molecular weight is 319 g/mol. The minimum atomic E-state index is -0.205. The summed E-state index contributed by atoms with van der Waals surface area (Å²) in [6, 6.07) is 1.65. The van der Waals surface area contributed by atoms with E-state index in [4.69, 9.17) is 4.42 Å². The molecule has 0 bridgehead atoms. The minimum Gasteiger partial charge on any atom is -0.465 e.